The van der Waals surface area contributed by atoms with E-state index in [2.05, 4.69) is 20.4 Å². The van der Waals surface area contributed by atoms with Crippen LogP contribution in [0.3, 0.4) is 0 Å². The van der Waals surface area contributed by atoms with Gasteiger partial charge in [0.1, 0.15) is 0 Å². The van der Waals surface area contributed by atoms with Crippen LogP contribution >= 0.6 is 0 Å². The van der Waals surface area contributed by atoms with Crippen LogP contribution in [-0.4, -0.2) is 45.4 Å². The van der Waals surface area contributed by atoms with E-state index in [1.807, 2.05) is 18.7 Å². The maximum absolute atomic E-state index is 9.94. The van der Waals surface area contributed by atoms with Crippen LogP contribution in [0.25, 0.3) is 0 Å². The fourth-order valence-electron chi connectivity index (χ4n) is 1.93. The van der Waals surface area contributed by atoms with Gasteiger partial charge in [-0.25, -0.2) is 5.84 Å². The van der Waals surface area contributed by atoms with Crippen molar-refractivity contribution >= 4 is 11.9 Å². The average molecular weight is 268 g/mol. The minimum Gasteiger partial charge on any atom is -0.464 e. The molecule has 0 aromatic carbocycles. The highest BCUT2D eigenvalue weighted by Crippen LogP contribution is 2.24. The molecule has 8 heteroatoms. The number of ether oxygens (including phenoxy) is 1. The topological polar surface area (TPSA) is 109 Å². The second-order valence-corrected chi connectivity index (χ2v) is 4.80. The van der Waals surface area contributed by atoms with Gasteiger partial charge in [0.15, 0.2) is 0 Å². The van der Waals surface area contributed by atoms with Gasteiger partial charge in [-0.1, -0.05) is 0 Å². The summed E-state index contributed by atoms with van der Waals surface area (Å²) in [6, 6.07) is 0.248. The van der Waals surface area contributed by atoms with E-state index in [1.165, 1.54) is 0 Å². The minimum atomic E-state index is -0.610. The Bertz CT molecular complexity index is 429. The Morgan fingerprint density at radius 3 is 2.63 bits per heavy atom. The van der Waals surface area contributed by atoms with Gasteiger partial charge in [-0.3, -0.25) is 5.43 Å². The molecule has 8 nitrogen and oxygen atoms in total. The summed E-state index contributed by atoms with van der Waals surface area (Å²) in [5.74, 6) is 6.12. The van der Waals surface area contributed by atoms with Crippen molar-refractivity contribution in [2.24, 2.45) is 5.84 Å². The standard InChI is InChI=1S/C11H20N6O2/c1-3-19-10-14-8(16-12)13-9(15-10)17-6-4-11(2,18)5-7-17/h18H,3-7,12H2,1-2H3,(H,13,14,15,16). The molecular formula is C11H20N6O2. The van der Waals surface area contributed by atoms with Crippen molar-refractivity contribution in [3.63, 3.8) is 0 Å². The Morgan fingerprint density at radius 1 is 1.37 bits per heavy atom. The van der Waals surface area contributed by atoms with Crippen molar-refractivity contribution in [1.82, 2.24) is 15.0 Å². The normalized spacial score (nSPS) is 18.2. The second-order valence-electron chi connectivity index (χ2n) is 4.80. The van der Waals surface area contributed by atoms with Crippen molar-refractivity contribution < 1.29 is 9.84 Å². The number of hydrazine groups is 1. The Labute approximate surface area is 112 Å². The monoisotopic (exact) mass is 268 g/mol. The zero-order valence-corrected chi connectivity index (χ0v) is 11.3. The molecule has 1 aromatic rings. The predicted molar refractivity (Wildman–Crippen MR) is 70.9 cm³/mol. The zero-order valence-electron chi connectivity index (χ0n) is 11.3. The lowest BCUT2D eigenvalue weighted by Gasteiger charge is -2.35. The first-order chi connectivity index (χ1) is 9.04. The number of nitrogens with zero attached hydrogens (tertiary/aromatic N) is 4. The lowest BCUT2D eigenvalue weighted by atomic mass is 9.94. The van der Waals surface area contributed by atoms with Crippen molar-refractivity contribution in [2.75, 3.05) is 30.0 Å². The van der Waals surface area contributed by atoms with Crippen LogP contribution < -0.4 is 20.9 Å². The molecule has 0 saturated carbocycles. The summed E-state index contributed by atoms with van der Waals surface area (Å²) in [5, 5.41) is 9.94. The van der Waals surface area contributed by atoms with Gasteiger partial charge in [-0.2, -0.15) is 15.0 Å². The molecule has 0 radical (unpaired) electrons. The Morgan fingerprint density at radius 2 is 2.05 bits per heavy atom. The van der Waals surface area contributed by atoms with E-state index >= 15 is 0 Å². The molecule has 1 aliphatic heterocycles. The number of rotatable bonds is 4. The quantitative estimate of drug-likeness (QED) is 0.513. The zero-order chi connectivity index (χ0) is 13.9. The number of hydrogen-bond donors (Lipinski definition) is 3. The molecule has 1 saturated heterocycles. The van der Waals surface area contributed by atoms with Crippen molar-refractivity contribution in [2.45, 2.75) is 32.3 Å². The van der Waals surface area contributed by atoms with E-state index in [9.17, 15) is 5.11 Å². The van der Waals surface area contributed by atoms with Crippen molar-refractivity contribution in [3.05, 3.63) is 0 Å². The Balaban J connectivity index is 2.17. The molecule has 2 rings (SSSR count). The van der Waals surface area contributed by atoms with Gasteiger partial charge in [-0.05, 0) is 26.7 Å². The van der Waals surface area contributed by atoms with Crippen molar-refractivity contribution in [3.8, 4) is 6.01 Å². The van der Waals surface area contributed by atoms with E-state index in [-0.39, 0.29) is 12.0 Å². The van der Waals surface area contributed by atoms with E-state index in [1.54, 1.807) is 0 Å². The molecular weight excluding hydrogens is 248 g/mol. The lowest BCUT2D eigenvalue weighted by molar-refractivity contribution is 0.0348. The smallest absolute Gasteiger partial charge is 0.323 e. The summed E-state index contributed by atoms with van der Waals surface area (Å²) < 4.78 is 5.29. The van der Waals surface area contributed by atoms with Gasteiger partial charge < -0.3 is 14.7 Å². The molecule has 0 bridgehead atoms. The number of nitrogen functional groups attached to an aromatic ring is 1. The molecule has 1 aromatic heterocycles. The number of anilines is 2. The van der Waals surface area contributed by atoms with Gasteiger partial charge in [0.2, 0.25) is 11.9 Å². The molecule has 19 heavy (non-hydrogen) atoms. The third-order valence-corrected chi connectivity index (χ3v) is 3.13. The third-order valence-electron chi connectivity index (χ3n) is 3.13. The fourth-order valence-corrected chi connectivity index (χ4v) is 1.93. The number of nitrogens with one attached hydrogen (secondary N) is 1. The highest BCUT2D eigenvalue weighted by atomic mass is 16.5. The molecule has 0 unspecified atom stereocenters. The second kappa shape index (κ2) is 5.54. The molecule has 1 aliphatic rings. The summed E-state index contributed by atoms with van der Waals surface area (Å²) >= 11 is 0. The van der Waals surface area contributed by atoms with Gasteiger partial charge in [-0.15, -0.1) is 0 Å². The van der Waals surface area contributed by atoms with E-state index < -0.39 is 5.60 Å². The average Bonchev–Trinajstić information content (AvgIpc) is 2.38. The van der Waals surface area contributed by atoms with E-state index in [0.29, 0.717) is 38.5 Å². The SMILES string of the molecule is CCOc1nc(NN)nc(N2CCC(C)(O)CC2)n1. The number of hydrogen-bond acceptors (Lipinski definition) is 8. The molecule has 1 fully saturated rings. The molecule has 0 spiro atoms. The summed E-state index contributed by atoms with van der Waals surface area (Å²) in [7, 11) is 0. The number of aromatic nitrogens is 3. The predicted octanol–water partition coefficient (Wildman–Crippen LogP) is -0.0929. The summed E-state index contributed by atoms with van der Waals surface area (Å²) in [5.41, 5.74) is 1.79. The maximum Gasteiger partial charge on any atom is 0.323 e. The summed E-state index contributed by atoms with van der Waals surface area (Å²) in [6.07, 6.45) is 1.35. The van der Waals surface area contributed by atoms with Crippen LogP contribution in [0.1, 0.15) is 26.7 Å². The van der Waals surface area contributed by atoms with Gasteiger partial charge in [0.05, 0.1) is 12.2 Å². The van der Waals surface area contributed by atoms with Crippen LogP contribution in [0.2, 0.25) is 0 Å². The Hall–Kier alpha value is -1.67. The first-order valence-electron chi connectivity index (χ1n) is 6.37. The minimum absolute atomic E-state index is 0.248. The van der Waals surface area contributed by atoms with Crippen LogP contribution in [0.15, 0.2) is 0 Å². The van der Waals surface area contributed by atoms with Crippen LogP contribution in [0, 0.1) is 0 Å². The highest BCUT2D eigenvalue weighted by Gasteiger charge is 2.29. The highest BCUT2D eigenvalue weighted by molar-refractivity contribution is 5.38. The first-order valence-corrected chi connectivity index (χ1v) is 6.37. The third kappa shape index (κ3) is 3.42. The lowest BCUT2D eigenvalue weighted by Crippen LogP contribution is -2.43. The number of nitrogens with two attached hydrogens (primary N) is 1. The molecule has 106 valence electrons. The largest absolute Gasteiger partial charge is 0.464 e. The molecule has 4 N–H and O–H groups in total. The summed E-state index contributed by atoms with van der Waals surface area (Å²) in [6.45, 7) is 5.55. The molecule has 0 aliphatic carbocycles. The number of piperidine rings is 1. The fraction of sp³-hybridized carbons (Fsp3) is 0.727. The van der Waals surface area contributed by atoms with Crippen LogP contribution in [0.4, 0.5) is 11.9 Å². The molecule has 0 atom stereocenters. The van der Waals surface area contributed by atoms with Gasteiger partial charge >= 0.3 is 6.01 Å². The maximum atomic E-state index is 9.94. The van der Waals surface area contributed by atoms with E-state index in [0.717, 1.165) is 0 Å². The number of aliphatic hydroxyl groups is 1. The van der Waals surface area contributed by atoms with Crippen LogP contribution in [-0.2, 0) is 0 Å². The molecule has 2 heterocycles. The van der Waals surface area contributed by atoms with Crippen LogP contribution in [0.5, 0.6) is 6.01 Å². The van der Waals surface area contributed by atoms with Crippen molar-refractivity contribution in [1.29, 1.82) is 0 Å². The first kappa shape index (κ1) is 13.8. The summed E-state index contributed by atoms with van der Waals surface area (Å²) in [4.78, 5) is 14.5. The van der Waals surface area contributed by atoms with E-state index in [4.69, 9.17) is 10.6 Å². The molecule has 0 amide bonds. The van der Waals surface area contributed by atoms with Gasteiger partial charge in [0, 0.05) is 13.1 Å². The van der Waals surface area contributed by atoms with Gasteiger partial charge in [0.25, 0.3) is 0 Å². The Kier molecular flexibility index (Phi) is 4.01.